The summed E-state index contributed by atoms with van der Waals surface area (Å²) in [6.45, 7) is 0.486. The van der Waals surface area contributed by atoms with E-state index in [1.807, 2.05) is 30.3 Å². The molecule has 1 heterocycles. The molecule has 1 amide bonds. The zero-order valence-electron chi connectivity index (χ0n) is 9.60. The van der Waals surface area contributed by atoms with Crippen LogP contribution in [0.15, 0.2) is 34.9 Å². The van der Waals surface area contributed by atoms with Crippen molar-refractivity contribution in [3.05, 3.63) is 47.6 Å². The summed E-state index contributed by atoms with van der Waals surface area (Å²) in [5.41, 5.74) is 1.04. The van der Waals surface area contributed by atoms with Crippen LogP contribution in [-0.2, 0) is 23.6 Å². The van der Waals surface area contributed by atoms with Gasteiger partial charge in [0, 0.05) is 6.54 Å². The van der Waals surface area contributed by atoms with Crippen molar-refractivity contribution in [2.24, 2.45) is 0 Å². The molecule has 0 atom stereocenters. The number of nitrogens with one attached hydrogen (secondary N) is 1. The molecule has 6 heteroatoms. The van der Waals surface area contributed by atoms with E-state index in [4.69, 9.17) is 16.1 Å². The lowest BCUT2D eigenvalue weighted by Crippen LogP contribution is -2.24. The number of carbonyl (C=O) groups is 1. The number of aromatic nitrogens is 2. The molecule has 94 valence electrons. The predicted octanol–water partition coefficient (Wildman–Crippen LogP) is 1.67. The van der Waals surface area contributed by atoms with Gasteiger partial charge in [0.15, 0.2) is 5.82 Å². The van der Waals surface area contributed by atoms with Crippen LogP contribution in [0.4, 0.5) is 0 Å². The number of carbonyl (C=O) groups excluding carboxylic acids is 1. The Bertz CT molecular complexity index is 513. The molecule has 0 saturated carbocycles. The molecule has 0 saturated heterocycles. The molecule has 0 unspecified atom stereocenters. The van der Waals surface area contributed by atoms with Crippen LogP contribution in [0.2, 0.25) is 0 Å². The first-order valence-electron chi connectivity index (χ1n) is 5.46. The van der Waals surface area contributed by atoms with E-state index in [0.29, 0.717) is 18.3 Å². The summed E-state index contributed by atoms with van der Waals surface area (Å²) in [7, 11) is 0. The molecule has 2 aromatic rings. The molecule has 1 N–H and O–H groups in total. The Morgan fingerprint density at radius 1 is 1.33 bits per heavy atom. The first-order valence-corrected chi connectivity index (χ1v) is 5.99. The zero-order valence-corrected chi connectivity index (χ0v) is 10.4. The molecular formula is C12H12ClN3O2. The van der Waals surface area contributed by atoms with Gasteiger partial charge in [0.05, 0.1) is 6.42 Å². The Kier molecular flexibility index (Phi) is 4.30. The third kappa shape index (κ3) is 3.56. The van der Waals surface area contributed by atoms with E-state index in [1.165, 1.54) is 0 Å². The Morgan fingerprint density at radius 2 is 2.11 bits per heavy atom. The molecule has 0 aliphatic carbocycles. The van der Waals surface area contributed by atoms with Crippen molar-refractivity contribution < 1.29 is 9.32 Å². The molecule has 5 nitrogen and oxygen atoms in total. The maximum absolute atomic E-state index is 11.6. The fourth-order valence-electron chi connectivity index (χ4n) is 1.42. The Hall–Kier alpha value is -1.88. The molecule has 0 fully saturated rings. The SMILES string of the molecule is O=C(Cc1noc(CCl)n1)NCc1ccccc1. The van der Waals surface area contributed by atoms with Gasteiger partial charge >= 0.3 is 0 Å². The number of amides is 1. The standard InChI is InChI=1S/C12H12ClN3O2/c13-7-12-15-10(16-18-12)6-11(17)14-8-9-4-2-1-3-5-9/h1-5H,6-8H2,(H,14,17). The number of hydrogen-bond donors (Lipinski definition) is 1. The zero-order chi connectivity index (χ0) is 12.8. The van der Waals surface area contributed by atoms with E-state index in [0.717, 1.165) is 5.56 Å². The first-order chi connectivity index (χ1) is 8.78. The van der Waals surface area contributed by atoms with Crippen LogP contribution in [0.25, 0.3) is 0 Å². The lowest BCUT2D eigenvalue weighted by atomic mass is 10.2. The highest BCUT2D eigenvalue weighted by Gasteiger charge is 2.09. The Balaban J connectivity index is 1.82. The van der Waals surface area contributed by atoms with Crippen molar-refractivity contribution in [3.8, 4) is 0 Å². The summed E-state index contributed by atoms with van der Waals surface area (Å²) in [6, 6.07) is 9.67. The van der Waals surface area contributed by atoms with E-state index in [-0.39, 0.29) is 18.2 Å². The fraction of sp³-hybridized carbons (Fsp3) is 0.250. The third-order valence-electron chi connectivity index (χ3n) is 2.28. The van der Waals surface area contributed by atoms with E-state index >= 15 is 0 Å². The lowest BCUT2D eigenvalue weighted by molar-refractivity contribution is -0.120. The van der Waals surface area contributed by atoms with Crippen LogP contribution >= 0.6 is 11.6 Å². The van der Waals surface area contributed by atoms with Crippen molar-refractivity contribution in [1.29, 1.82) is 0 Å². The normalized spacial score (nSPS) is 10.3. The lowest BCUT2D eigenvalue weighted by Gasteiger charge is -2.03. The first kappa shape index (κ1) is 12.6. The van der Waals surface area contributed by atoms with E-state index in [2.05, 4.69) is 15.5 Å². The highest BCUT2D eigenvalue weighted by molar-refractivity contribution is 6.16. The number of halogens is 1. The van der Waals surface area contributed by atoms with Crippen molar-refractivity contribution in [1.82, 2.24) is 15.5 Å². The van der Waals surface area contributed by atoms with Gasteiger partial charge in [-0.05, 0) is 5.56 Å². The van der Waals surface area contributed by atoms with E-state index in [9.17, 15) is 4.79 Å². The summed E-state index contributed by atoms with van der Waals surface area (Å²) >= 11 is 5.52. The summed E-state index contributed by atoms with van der Waals surface area (Å²) in [5.74, 6) is 0.665. The van der Waals surface area contributed by atoms with Crippen molar-refractivity contribution in [2.75, 3.05) is 0 Å². The largest absolute Gasteiger partial charge is 0.352 e. The van der Waals surface area contributed by atoms with Crippen LogP contribution in [0.5, 0.6) is 0 Å². The minimum atomic E-state index is -0.152. The van der Waals surface area contributed by atoms with Crippen LogP contribution < -0.4 is 5.32 Å². The molecule has 0 bridgehead atoms. The highest BCUT2D eigenvalue weighted by atomic mass is 35.5. The van der Waals surface area contributed by atoms with Gasteiger partial charge in [-0.15, -0.1) is 11.6 Å². The van der Waals surface area contributed by atoms with Gasteiger partial charge in [-0.25, -0.2) is 0 Å². The third-order valence-corrected chi connectivity index (χ3v) is 2.50. The maximum Gasteiger partial charge on any atom is 0.241 e. The summed E-state index contributed by atoms with van der Waals surface area (Å²) < 4.78 is 4.80. The second kappa shape index (κ2) is 6.16. The van der Waals surface area contributed by atoms with E-state index < -0.39 is 0 Å². The van der Waals surface area contributed by atoms with Gasteiger partial charge in [-0.1, -0.05) is 35.5 Å². The molecule has 1 aromatic heterocycles. The number of benzene rings is 1. The van der Waals surface area contributed by atoms with Gasteiger partial charge < -0.3 is 9.84 Å². The second-order valence-electron chi connectivity index (χ2n) is 3.68. The molecule has 18 heavy (non-hydrogen) atoms. The number of nitrogens with zero attached hydrogens (tertiary/aromatic N) is 2. The molecule has 0 radical (unpaired) electrons. The Morgan fingerprint density at radius 3 is 2.78 bits per heavy atom. The van der Waals surface area contributed by atoms with Crippen LogP contribution in [0.3, 0.4) is 0 Å². The van der Waals surface area contributed by atoms with E-state index in [1.54, 1.807) is 0 Å². The van der Waals surface area contributed by atoms with Gasteiger partial charge in [0.1, 0.15) is 5.88 Å². The molecule has 0 aliphatic heterocycles. The minimum Gasteiger partial charge on any atom is -0.352 e. The van der Waals surface area contributed by atoms with Gasteiger partial charge in [0.2, 0.25) is 11.8 Å². The monoisotopic (exact) mass is 265 g/mol. The van der Waals surface area contributed by atoms with Crippen molar-refractivity contribution in [3.63, 3.8) is 0 Å². The highest BCUT2D eigenvalue weighted by Crippen LogP contribution is 2.02. The predicted molar refractivity (Wildman–Crippen MR) is 65.8 cm³/mol. The number of rotatable bonds is 5. The Labute approximate surface area is 109 Å². The fourth-order valence-corrected chi connectivity index (χ4v) is 1.53. The van der Waals surface area contributed by atoms with Crippen LogP contribution in [0.1, 0.15) is 17.3 Å². The minimum absolute atomic E-state index is 0.0905. The summed E-state index contributed by atoms with van der Waals surface area (Å²) in [5, 5.41) is 6.43. The molecule has 2 rings (SSSR count). The molecular weight excluding hydrogens is 254 g/mol. The molecule has 1 aromatic carbocycles. The average Bonchev–Trinajstić information content (AvgIpc) is 2.85. The molecule has 0 aliphatic rings. The average molecular weight is 266 g/mol. The smallest absolute Gasteiger partial charge is 0.241 e. The maximum atomic E-state index is 11.6. The quantitative estimate of drug-likeness (QED) is 0.835. The molecule has 0 spiro atoms. The topological polar surface area (TPSA) is 68.0 Å². The number of alkyl halides is 1. The van der Waals surface area contributed by atoms with Gasteiger partial charge in [0.25, 0.3) is 0 Å². The van der Waals surface area contributed by atoms with Crippen LogP contribution in [-0.4, -0.2) is 16.0 Å². The summed E-state index contributed by atoms with van der Waals surface area (Å²) in [4.78, 5) is 15.6. The van der Waals surface area contributed by atoms with Gasteiger partial charge in [-0.2, -0.15) is 4.98 Å². The second-order valence-corrected chi connectivity index (χ2v) is 3.94. The summed E-state index contributed by atoms with van der Waals surface area (Å²) in [6.07, 6.45) is 0.0905. The van der Waals surface area contributed by atoms with Crippen LogP contribution in [0, 0.1) is 0 Å². The van der Waals surface area contributed by atoms with Gasteiger partial charge in [-0.3, -0.25) is 4.79 Å². The van der Waals surface area contributed by atoms with Crippen molar-refractivity contribution in [2.45, 2.75) is 18.8 Å². The number of hydrogen-bond acceptors (Lipinski definition) is 4. The van der Waals surface area contributed by atoms with Crippen molar-refractivity contribution >= 4 is 17.5 Å².